The summed E-state index contributed by atoms with van der Waals surface area (Å²) in [6.45, 7) is 1.86. The number of rotatable bonds is 7. The molecule has 0 aliphatic rings. The molecule has 0 heterocycles. The number of carbonyl (C=O) groups is 2. The van der Waals surface area contributed by atoms with Crippen LogP contribution < -0.4 is 15.2 Å². The maximum atomic E-state index is 12.1. The molecule has 2 N–H and O–H groups in total. The molecule has 0 aromatic heterocycles. The molecule has 0 bridgehead atoms. The lowest BCUT2D eigenvalue weighted by Gasteiger charge is -2.10. The normalized spacial score (nSPS) is 10.1. The van der Waals surface area contributed by atoms with Crippen LogP contribution in [0.25, 0.3) is 0 Å². The number of hydrogen-bond acceptors (Lipinski definition) is 5. The lowest BCUT2D eigenvalue weighted by molar-refractivity contribution is -0.119. The lowest BCUT2D eigenvalue weighted by atomic mass is 10.1. The standard InChI is InChI=1S/C18H19NO5/c1-12-3-8-16(22-2)14(9-12)10-24-18(21)13-4-6-15(7-5-13)23-11-17(19)20/h3-9H,10-11H2,1-2H3,(H2,19,20). The van der Waals surface area contributed by atoms with Crippen LogP contribution in [0.1, 0.15) is 21.5 Å². The van der Waals surface area contributed by atoms with E-state index in [0.717, 1.165) is 11.1 Å². The quantitative estimate of drug-likeness (QED) is 0.787. The predicted octanol–water partition coefficient (Wildman–Crippen LogP) is 2.22. The number of primary amides is 1. The minimum atomic E-state index is -0.564. The highest BCUT2D eigenvalue weighted by atomic mass is 16.5. The molecule has 0 radical (unpaired) electrons. The summed E-state index contributed by atoms with van der Waals surface area (Å²) in [6, 6.07) is 11.9. The van der Waals surface area contributed by atoms with Crippen LogP contribution in [0, 0.1) is 6.92 Å². The van der Waals surface area contributed by atoms with E-state index < -0.39 is 11.9 Å². The predicted molar refractivity (Wildman–Crippen MR) is 88.0 cm³/mol. The van der Waals surface area contributed by atoms with Gasteiger partial charge in [0.15, 0.2) is 6.61 Å². The van der Waals surface area contributed by atoms with Crippen LogP contribution in [0.15, 0.2) is 42.5 Å². The van der Waals surface area contributed by atoms with E-state index >= 15 is 0 Å². The topological polar surface area (TPSA) is 87.8 Å². The van der Waals surface area contributed by atoms with Crippen LogP contribution in [0.2, 0.25) is 0 Å². The van der Waals surface area contributed by atoms with Crippen LogP contribution in [-0.4, -0.2) is 25.6 Å². The van der Waals surface area contributed by atoms with Gasteiger partial charge in [0.25, 0.3) is 5.91 Å². The summed E-state index contributed by atoms with van der Waals surface area (Å²) in [4.78, 5) is 22.8. The largest absolute Gasteiger partial charge is 0.496 e. The molecule has 0 saturated carbocycles. The van der Waals surface area contributed by atoms with E-state index in [4.69, 9.17) is 19.9 Å². The molecule has 126 valence electrons. The molecule has 2 aromatic carbocycles. The smallest absolute Gasteiger partial charge is 0.338 e. The molecule has 0 saturated heterocycles. The number of esters is 1. The Morgan fingerprint density at radius 3 is 2.42 bits per heavy atom. The van der Waals surface area contributed by atoms with Crippen molar-refractivity contribution in [3.63, 3.8) is 0 Å². The molecule has 24 heavy (non-hydrogen) atoms. The van der Waals surface area contributed by atoms with Crippen molar-refractivity contribution >= 4 is 11.9 Å². The average Bonchev–Trinajstić information content (AvgIpc) is 2.58. The number of aryl methyl sites for hydroxylation is 1. The Balaban J connectivity index is 1.97. The molecule has 0 atom stereocenters. The number of benzene rings is 2. The molecule has 0 unspecified atom stereocenters. The van der Waals surface area contributed by atoms with Crippen molar-refractivity contribution in [3.05, 3.63) is 59.2 Å². The third-order valence-electron chi connectivity index (χ3n) is 3.27. The molecular weight excluding hydrogens is 310 g/mol. The average molecular weight is 329 g/mol. The van der Waals surface area contributed by atoms with Gasteiger partial charge in [-0.1, -0.05) is 11.6 Å². The van der Waals surface area contributed by atoms with Crippen molar-refractivity contribution < 1.29 is 23.8 Å². The minimum absolute atomic E-state index is 0.115. The van der Waals surface area contributed by atoms with Crippen molar-refractivity contribution in [1.82, 2.24) is 0 Å². The second-order valence-corrected chi connectivity index (χ2v) is 5.17. The van der Waals surface area contributed by atoms with Gasteiger partial charge < -0.3 is 19.9 Å². The van der Waals surface area contributed by atoms with E-state index in [1.165, 1.54) is 0 Å². The molecule has 2 aromatic rings. The molecule has 0 aliphatic carbocycles. The van der Waals surface area contributed by atoms with Gasteiger partial charge >= 0.3 is 5.97 Å². The van der Waals surface area contributed by atoms with Crippen molar-refractivity contribution in [1.29, 1.82) is 0 Å². The summed E-state index contributed by atoms with van der Waals surface area (Å²) in [5.41, 5.74) is 7.23. The molecule has 0 aliphatic heterocycles. The Hall–Kier alpha value is -3.02. The zero-order valence-corrected chi connectivity index (χ0v) is 13.6. The molecule has 6 heteroatoms. The van der Waals surface area contributed by atoms with Gasteiger partial charge in [-0.05, 0) is 43.3 Å². The Morgan fingerprint density at radius 1 is 1.08 bits per heavy atom. The summed E-state index contributed by atoms with van der Waals surface area (Å²) in [5.74, 6) is 0.0971. The zero-order chi connectivity index (χ0) is 17.5. The van der Waals surface area contributed by atoms with Crippen molar-refractivity contribution in [3.8, 4) is 11.5 Å². The zero-order valence-electron chi connectivity index (χ0n) is 13.6. The number of carbonyl (C=O) groups excluding carboxylic acids is 2. The van der Waals surface area contributed by atoms with E-state index in [9.17, 15) is 9.59 Å². The maximum Gasteiger partial charge on any atom is 0.338 e. The number of amides is 1. The number of nitrogens with two attached hydrogens (primary N) is 1. The van der Waals surface area contributed by atoms with E-state index in [0.29, 0.717) is 17.1 Å². The van der Waals surface area contributed by atoms with E-state index in [2.05, 4.69) is 0 Å². The number of ether oxygens (including phenoxy) is 3. The van der Waals surface area contributed by atoms with Crippen LogP contribution in [0.3, 0.4) is 0 Å². The highest BCUT2D eigenvalue weighted by molar-refractivity contribution is 5.89. The fourth-order valence-electron chi connectivity index (χ4n) is 2.09. The van der Waals surface area contributed by atoms with Gasteiger partial charge in [-0.25, -0.2) is 4.79 Å². The van der Waals surface area contributed by atoms with Crippen LogP contribution >= 0.6 is 0 Å². The maximum absolute atomic E-state index is 12.1. The van der Waals surface area contributed by atoms with Gasteiger partial charge in [-0.15, -0.1) is 0 Å². The molecule has 1 amide bonds. The molecule has 0 fully saturated rings. The summed E-state index contributed by atoms with van der Waals surface area (Å²) in [5, 5.41) is 0. The molecular formula is C18H19NO5. The molecule has 2 rings (SSSR count). The van der Waals surface area contributed by atoms with E-state index in [1.807, 2.05) is 25.1 Å². The first kappa shape index (κ1) is 17.3. The lowest BCUT2D eigenvalue weighted by Crippen LogP contribution is -2.20. The number of hydrogen-bond donors (Lipinski definition) is 1. The third kappa shape index (κ3) is 4.74. The minimum Gasteiger partial charge on any atom is -0.496 e. The fourth-order valence-corrected chi connectivity index (χ4v) is 2.09. The third-order valence-corrected chi connectivity index (χ3v) is 3.27. The van der Waals surface area contributed by atoms with E-state index in [1.54, 1.807) is 31.4 Å². The van der Waals surface area contributed by atoms with Crippen LogP contribution in [0.5, 0.6) is 11.5 Å². The van der Waals surface area contributed by atoms with Gasteiger partial charge in [-0.2, -0.15) is 0 Å². The summed E-state index contributed by atoms with van der Waals surface area (Å²) < 4.78 is 15.7. The Bertz CT molecular complexity index is 725. The SMILES string of the molecule is COc1ccc(C)cc1COC(=O)c1ccc(OCC(N)=O)cc1. The molecule has 6 nitrogen and oxygen atoms in total. The van der Waals surface area contributed by atoms with Crippen LogP contribution in [0.4, 0.5) is 0 Å². The van der Waals surface area contributed by atoms with Gasteiger partial charge in [0.2, 0.25) is 0 Å². The Labute approximate surface area is 140 Å². The Morgan fingerprint density at radius 2 is 1.79 bits per heavy atom. The first-order valence-corrected chi connectivity index (χ1v) is 7.31. The van der Waals surface area contributed by atoms with Crippen molar-refractivity contribution in [2.45, 2.75) is 13.5 Å². The Kier molecular flexibility index (Phi) is 5.78. The van der Waals surface area contributed by atoms with Gasteiger partial charge in [-0.3, -0.25) is 4.79 Å². The van der Waals surface area contributed by atoms with Crippen molar-refractivity contribution in [2.24, 2.45) is 5.73 Å². The van der Waals surface area contributed by atoms with Crippen LogP contribution in [-0.2, 0) is 16.1 Å². The monoisotopic (exact) mass is 329 g/mol. The van der Waals surface area contributed by atoms with Gasteiger partial charge in [0, 0.05) is 5.56 Å². The second-order valence-electron chi connectivity index (χ2n) is 5.17. The first-order chi connectivity index (χ1) is 11.5. The van der Waals surface area contributed by atoms with Crippen molar-refractivity contribution in [2.75, 3.05) is 13.7 Å². The summed E-state index contributed by atoms with van der Waals surface area (Å²) >= 11 is 0. The second kappa shape index (κ2) is 8.01. The van der Waals surface area contributed by atoms with Gasteiger partial charge in [0.1, 0.15) is 18.1 Å². The van der Waals surface area contributed by atoms with E-state index in [-0.39, 0.29) is 13.2 Å². The fraction of sp³-hybridized carbons (Fsp3) is 0.222. The molecule has 0 spiro atoms. The first-order valence-electron chi connectivity index (χ1n) is 7.31. The summed E-state index contributed by atoms with van der Waals surface area (Å²) in [6.07, 6.45) is 0. The highest BCUT2D eigenvalue weighted by Gasteiger charge is 2.10. The number of methoxy groups -OCH3 is 1. The summed E-state index contributed by atoms with van der Waals surface area (Å²) in [7, 11) is 1.57. The van der Waals surface area contributed by atoms with Gasteiger partial charge in [0.05, 0.1) is 12.7 Å². The highest BCUT2D eigenvalue weighted by Crippen LogP contribution is 2.21.